The molecule has 5 nitrogen and oxygen atoms in total. The first kappa shape index (κ1) is 17.7. The number of benzene rings is 2. The van der Waals surface area contributed by atoms with Gasteiger partial charge in [0.1, 0.15) is 0 Å². The molecular formula is C19H24N2O3. The van der Waals surface area contributed by atoms with Crippen molar-refractivity contribution < 1.29 is 14.3 Å². The molecule has 2 aromatic rings. The average molecular weight is 328 g/mol. The van der Waals surface area contributed by atoms with Crippen LogP contribution in [-0.4, -0.2) is 27.3 Å². The second-order valence-corrected chi connectivity index (χ2v) is 6.02. The molecule has 5 heteroatoms. The van der Waals surface area contributed by atoms with E-state index in [1.165, 1.54) is 0 Å². The summed E-state index contributed by atoms with van der Waals surface area (Å²) in [6.07, 6.45) is 0. The Morgan fingerprint density at radius 1 is 1.00 bits per heavy atom. The van der Waals surface area contributed by atoms with Crippen molar-refractivity contribution >= 4 is 11.7 Å². The summed E-state index contributed by atoms with van der Waals surface area (Å²) in [7, 11) is 4.94. The minimum Gasteiger partial charge on any atom is -0.493 e. The number of carbonyl (C=O) groups is 1. The number of hydrogen-bond donors (Lipinski definition) is 1. The molecule has 0 bridgehead atoms. The van der Waals surface area contributed by atoms with Crippen LogP contribution in [0.2, 0.25) is 0 Å². The van der Waals surface area contributed by atoms with Crippen molar-refractivity contribution in [2.45, 2.75) is 19.4 Å². The molecule has 0 heterocycles. The van der Waals surface area contributed by atoms with E-state index in [2.05, 4.69) is 5.32 Å². The van der Waals surface area contributed by atoms with Crippen LogP contribution in [0.4, 0.5) is 10.5 Å². The maximum absolute atomic E-state index is 12.6. The van der Waals surface area contributed by atoms with Gasteiger partial charge in [-0.1, -0.05) is 24.3 Å². The molecule has 0 spiro atoms. The van der Waals surface area contributed by atoms with Gasteiger partial charge in [0.15, 0.2) is 11.5 Å². The molecule has 1 N–H and O–H groups in total. The molecule has 128 valence electrons. The van der Waals surface area contributed by atoms with Crippen LogP contribution < -0.4 is 19.7 Å². The number of nitrogens with one attached hydrogen (secondary N) is 1. The molecule has 0 aliphatic rings. The minimum atomic E-state index is -0.570. The number of methoxy groups -OCH3 is 2. The van der Waals surface area contributed by atoms with Gasteiger partial charge in [0.05, 0.1) is 19.8 Å². The Bertz CT molecular complexity index is 699. The first-order valence-electron chi connectivity index (χ1n) is 7.72. The van der Waals surface area contributed by atoms with E-state index in [0.29, 0.717) is 11.5 Å². The van der Waals surface area contributed by atoms with Crippen LogP contribution in [0.15, 0.2) is 48.5 Å². The van der Waals surface area contributed by atoms with Crippen LogP contribution in [-0.2, 0) is 5.54 Å². The van der Waals surface area contributed by atoms with Crippen LogP contribution in [0.25, 0.3) is 0 Å². The van der Waals surface area contributed by atoms with Crippen molar-refractivity contribution in [3.8, 4) is 11.5 Å². The fraction of sp³-hybridized carbons (Fsp3) is 0.316. The molecule has 0 aromatic heterocycles. The molecule has 2 rings (SSSR count). The smallest absolute Gasteiger partial charge is 0.322 e. The minimum absolute atomic E-state index is 0.180. The lowest BCUT2D eigenvalue weighted by atomic mass is 9.94. The number of rotatable bonds is 5. The predicted octanol–water partition coefficient (Wildman–Crippen LogP) is 3.78. The molecule has 0 saturated carbocycles. The zero-order valence-corrected chi connectivity index (χ0v) is 14.8. The van der Waals surface area contributed by atoms with Crippen LogP contribution in [0.1, 0.15) is 19.4 Å². The summed E-state index contributed by atoms with van der Waals surface area (Å²) in [5.41, 5.74) is 1.19. The lowest BCUT2D eigenvalue weighted by Crippen LogP contribution is -2.47. The van der Waals surface area contributed by atoms with Crippen molar-refractivity contribution in [2.75, 3.05) is 26.2 Å². The fourth-order valence-electron chi connectivity index (χ4n) is 2.42. The Morgan fingerprint density at radius 2 is 1.62 bits per heavy atom. The highest BCUT2D eigenvalue weighted by atomic mass is 16.5. The zero-order chi connectivity index (χ0) is 17.7. The summed E-state index contributed by atoms with van der Waals surface area (Å²) in [5, 5.41) is 3.05. The molecule has 2 aromatic carbocycles. The summed E-state index contributed by atoms with van der Waals surface area (Å²) >= 11 is 0. The van der Waals surface area contributed by atoms with E-state index in [9.17, 15) is 4.79 Å². The van der Waals surface area contributed by atoms with Gasteiger partial charge in [-0.2, -0.15) is 0 Å². The van der Waals surface area contributed by atoms with Gasteiger partial charge in [-0.15, -0.1) is 0 Å². The molecule has 0 unspecified atom stereocenters. The molecular weight excluding hydrogens is 304 g/mol. The molecule has 2 amide bonds. The highest BCUT2D eigenvalue weighted by molar-refractivity contribution is 5.91. The second kappa shape index (κ2) is 7.25. The molecule has 0 saturated heterocycles. The van der Waals surface area contributed by atoms with Crippen LogP contribution in [0, 0.1) is 0 Å². The monoisotopic (exact) mass is 328 g/mol. The van der Waals surface area contributed by atoms with Crippen LogP contribution >= 0.6 is 0 Å². The lowest BCUT2D eigenvalue weighted by Gasteiger charge is -2.30. The van der Waals surface area contributed by atoms with Crippen LogP contribution in [0.3, 0.4) is 0 Å². The third-order valence-corrected chi connectivity index (χ3v) is 3.97. The van der Waals surface area contributed by atoms with E-state index >= 15 is 0 Å². The summed E-state index contributed by atoms with van der Waals surface area (Å²) in [6.45, 7) is 3.90. The van der Waals surface area contributed by atoms with Crippen LogP contribution in [0.5, 0.6) is 11.5 Å². The number of amides is 2. The largest absolute Gasteiger partial charge is 0.493 e. The molecule has 0 radical (unpaired) electrons. The SMILES string of the molecule is COc1ccc(C(C)(C)NC(=O)N(C)c2ccccc2)cc1OC. The number of nitrogens with zero attached hydrogens (tertiary/aromatic N) is 1. The van der Waals surface area contributed by atoms with Crippen molar-refractivity contribution in [1.29, 1.82) is 0 Å². The molecule has 0 aliphatic heterocycles. The molecule has 0 fully saturated rings. The molecule has 0 atom stereocenters. The number of ether oxygens (including phenoxy) is 2. The maximum Gasteiger partial charge on any atom is 0.322 e. The highest BCUT2D eigenvalue weighted by Crippen LogP contribution is 2.32. The number of urea groups is 1. The summed E-state index contributed by atoms with van der Waals surface area (Å²) < 4.78 is 10.6. The summed E-state index contributed by atoms with van der Waals surface area (Å²) in [5.74, 6) is 1.29. The predicted molar refractivity (Wildman–Crippen MR) is 95.9 cm³/mol. The van der Waals surface area contributed by atoms with Gasteiger partial charge in [-0.25, -0.2) is 4.79 Å². The van der Waals surface area contributed by atoms with Gasteiger partial charge >= 0.3 is 6.03 Å². The Morgan fingerprint density at radius 3 is 2.21 bits per heavy atom. The second-order valence-electron chi connectivity index (χ2n) is 6.02. The lowest BCUT2D eigenvalue weighted by molar-refractivity contribution is 0.237. The quantitative estimate of drug-likeness (QED) is 0.908. The average Bonchev–Trinajstić information content (AvgIpc) is 2.60. The number of hydrogen-bond acceptors (Lipinski definition) is 3. The fourth-order valence-corrected chi connectivity index (χ4v) is 2.42. The molecule has 24 heavy (non-hydrogen) atoms. The number of anilines is 1. The Kier molecular flexibility index (Phi) is 5.34. The van der Waals surface area contributed by atoms with E-state index in [4.69, 9.17) is 9.47 Å². The van der Waals surface area contributed by atoms with Gasteiger partial charge in [0, 0.05) is 12.7 Å². The Hall–Kier alpha value is -2.69. The maximum atomic E-state index is 12.6. The normalized spacial score (nSPS) is 10.9. The van der Waals surface area contributed by atoms with Crippen molar-refractivity contribution in [3.63, 3.8) is 0 Å². The first-order chi connectivity index (χ1) is 11.4. The summed E-state index contributed by atoms with van der Waals surface area (Å²) in [6, 6.07) is 15.0. The van der Waals surface area contributed by atoms with Gasteiger partial charge in [0.2, 0.25) is 0 Å². The van der Waals surface area contributed by atoms with E-state index < -0.39 is 5.54 Å². The van der Waals surface area contributed by atoms with E-state index in [0.717, 1.165) is 11.3 Å². The Labute approximate surface area is 143 Å². The topological polar surface area (TPSA) is 50.8 Å². The summed E-state index contributed by atoms with van der Waals surface area (Å²) in [4.78, 5) is 14.2. The Balaban J connectivity index is 2.20. The first-order valence-corrected chi connectivity index (χ1v) is 7.72. The van der Waals surface area contributed by atoms with E-state index in [1.807, 2.05) is 62.4 Å². The standard InChI is InChI=1S/C19H24N2O3/c1-19(2,14-11-12-16(23-4)17(13-14)24-5)20-18(22)21(3)15-9-7-6-8-10-15/h6-13H,1-5H3,(H,20,22). The van der Waals surface area contributed by atoms with Gasteiger partial charge in [-0.3, -0.25) is 4.90 Å². The van der Waals surface area contributed by atoms with Crippen molar-refractivity contribution in [1.82, 2.24) is 5.32 Å². The molecule has 0 aliphatic carbocycles. The van der Waals surface area contributed by atoms with Gasteiger partial charge in [-0.05, 0) is 43.7 Å². The zero-order valence-electron chi connectivity index (χ0n) is 14.8. The third-order valence-electron chi connectivity index (χ3n) is 3.97. The number of para-hydroxylation sites is 1. The highest BCUT2D eigenvalue weighted by Gasteiger charge is 2.26. The van der Waals surface area contributed by atoms with Crippen molar-refractivity contribution in [2.24, 2.45) is 0 Å². The van der Waals surface area contributed by atoms with Crippen molar-refractivity contribution in [3.05, 3.63) is 54.1 Å². The number of carbonyl (C=O) groups excluding carboxylic acids is 1. The van der Waals surface area contributed by atoms with E-state index in [-0.39, 0.29) is 6.03 Å². The third kappa shape index (κ3) is 3.79. The van der Waals surface area contributed by atoms with Gasteiger partial charge < -0.3 is 14.8 Å². The van der Waals surface area contributed by atoms with Gasteiger partial charge in [0.25, 0.3) is 0 Å². The van der Waals surface area contributed by atoms with E-state index in [1.54, 1.807) is 26.2 Å².